The lowest BCUT2D eigenvalue weighted by molar-refractivity contribution is 0.552. The molecular formula is C16H19FN4O2S. The maximum Gasteiger partial charge on any atom is 0.304 e. The van der Waals surface area contributed by atoms with Crippen LogP contribution in [-0.4, -0.2) is 34.8 Å². The van der Waals surface area contributed by atoms with E-state index in [1.807, 2.05) is 43.3 Å². The predicted octanol–water partition coefficient (Wildman–Crippen LogP) is 3.88. The van der Waals surface area contributed by atoms with E-state index >= 15 is 0 Å². The van der Waals surface area contributed by atoms with Crippen LogP contribution >= 0.6 is 0 Å². The number of nitrogens with one attached hydrogen (secondary N) is 1. The van der Waals surface area contributed by atoms with Gasteiger partial charge in [0.05, 0.1) is 17.1 Å². The summed E-state index contributed by atoms with van der Waals surface area (Å²) >= 11 is 0. The van der Waals surface area contributed by atoms with Crippen molar-refractivity contribution in [3.05, 3.63) is 48.5 Å². The number of nitrogens with zero attached hydrogens (tertiary/aromatic N) is 3. The van der Waals surface area contributed by atoms with Gasteiger partial charge in [-0.05, 0) is 48.5 Å². The Morgan fingerprint density at radius 2 is 1.46 bits per heavy atom. The Morgan fingerprint density at radius 3 is 1.92 bits per heavy atom. The average molecular weight is 350 g/mol. The number of hydrogen-bond acceptors (Lipinski definition) is 6. The van der Waals surface area contributed by atoms with Crippen LogP contribution in [0.2, 0.25) is 0 Å². The molecule has 0 atom stereocenters. The summed E-state index contributed by atoms with van der Waals surface area (Å²) in [5, 5.41) is 11.1. The first-order valence-corrected chi connectivity index (χ1v) is 8.84. The molecule has 1 N–H and O–H groups in total. The summed E-state index contributed by atoms with van der Waals surface area (Å²) in [5.74, 6) is -0.558. The number of hydrogen-bond donors (Lipinski definition) is 1. The number of benzene rings is 2. The molecule has 0 aliphatic carbocycles. The van der Waals surface area contributed by atoms with E-state index in [2.05, 4.69) is 15.5 Å². The van der Waals surface area contributed by atoms with Gasteiger partial charge in [-0.1, -0.05) is 0 Å². The van der Waals surface area contributed by atoms with E-state index in [0.717, 1.165) is 11.4 Å². The zero-order valence-corrected chi connectivity index (χ0v) is 14.3. The van der Waals surface area contributed by atoms with E-state index in [1.165, 1.54) is 0 Å². The minimum absolute atomic E-state index is 0.0118. The lowest BCUT2D eigenvalue weighted by Crippen LogP contribution is -2.11. The van der Waals surface area contributed by atoms with E-state index in [4.69, 9.17) is 0 Å². The molecule has 128 valence electrons. The van der Waals surface area contributed by atoms with Gasteiger partial charge in [0.2, 0.25) is 0 Å². The third-order valence-electron chi connectivity index (χ3n) is 3.19. The molecule has 0 aromatic heterocycles. The molecule has 0 bridgehead atoms. The lowest BCUT2D eigenvalue weighted by atomic mass is 10.3. The number of halogens is 1. The first-order valence-electron chi connectivity index (χ1n) is 7.29. The molecule has 2 rings (SSSR count). The van der Waals surface area contributed by atoms with Gasteiger partial charge in [0, 0.05) is 32.0 Å². The molecule has 0 saturated carbocycles. The lowest BCUT2D eigenvalue weighted by Gasteiger charge is -2.11. The standard InChI is InChI=1S/C16H19FN4O2S/c1-21(2)16-9-7-15(8-10-16)20-19-14-5-3-13(4-6-14)18-11-12-24(17,22)23/h3-10,18H,11-12H2,1-2H3/b20-19+. The highest BCUT2D eigenvalue weighted by Crippen LogP contribution is 2.22. The fourth-order valence-electron chi connectivity index (χ4n) is 1.90. The summed E-state index contributed by atoms with van der Waals surface area (Å²) in [6.45, 7) is 0.0118. The minimum Gasteiger partial charge on any atom is -0.384 e. The van der Waals surface area contributed by atoms with E-state index in [0.29, 0.717) is 11.4 Å². The number of rotatable bonds is 7. The van der Waals surface area contributed by atoms with Crippen LogP contribution in [0.1, 0.15) is 0 Å². The summed E-state index contributed by atoms with van der Waals surface area (Å²) in [4.78, 5) is 2.00. The van der Waals surface area contributed by atoms with Crippen molar-refractivity contribution in [2.75, 3.05) is 36.6 Å². The molecule has 0 unspecified atom stereocenters. The van der Waals surface area contributed by atoms with Gasteiger partial charge in [-0.3, -0.25) is 0 Å². The van der Waals surface area contributed by atoms with Crippen LogP contribution in [-0.2, 0) is 10.2 Å². The first-order chi connectivity index (χ1) is 11.3. The molecule has 0 amide bonds. The molecule has 8 heteroatoms. The third kappa shape index (κ3) is 5.96. The van der Waals surface area contributed by atoms with Crippen molar-refractivity contribution < 1.29 is 12.3 Å². The molecule has 0 aliphatic heterocycles. The molecule has 6 nitrogen and oxygen atoms in total. The van der Waals surface area contributed by atoms with Crippen molar-refractivity contribution >= 4 is 33.0 Å². The largest absolute Gasteiger partial charge is 0.384 e. The van der Waals surface area contributed by atoms with Crippen molar-refractivity contribution in [2.24, 2.45) is 10.2 Å². The summed E-state index contributed by atoms with van der Waals surface area (Å²) in [5.41, 5.74) is 3.18. The summed E-state index contributed by atoms with van der Waals surface area (Å²) in [7, 11) is -0.515. The fourth-order valence-corrected chi connectivity index (χ4v) is 2.24. The topological polar surface area (TPSA) is 74.1 Å². The second-order valence-corrected chi connectivity index (χ2v) is 6.81. The summed E-state index contributed by atoms with van der Waals surface area (Å²) in [6, 6.07) is 14.6. The highest BCUT2D eigenvalue weighted by Gasteiger charge is 2.05. The molecule has 0 saturated heterocycles. The van der Waals surface area contributed by atoms with E-state index in [-0.39, 0.29) is 6.54 Å². The SMILES string of the molecule is CN(C)c1ccc(/N=N/c2ccc(NCCS(=O)(=O)F)cc2)cc1. The Morgan fingerprint density at radius 1 is 0.958 bits per heavy atom. The van der Waals surface area contributed by atoms with Gasteiger partial charge in [-0.25, -0.2) is 0 Å². The average Bonchev–Trinajstić information content (AvgIpc) is 2.53. The zero-order valence-electron chi connectivity index (χ0n) is 13.5. The Balaban J connectivity index is 1.93. The Hall–Kier alpha value is -2.48. The van der Waals surface area contributed by atoms with Crippen LogP contribution in [0.15, 0.2) is 58.8 Å². The summed E-state index contributed by atoms with van der Waals surface area (Å²) in [6.07, 6.45) is 0. The van der Waals surface area contributed by atoms with Gasteiger partial charge in [0.25, 0.3) is 0 Å². The van der Waals surface area contributed by atoms with Crippen LogP contribution in [0.3, 0.4) is 0 Å². The maximum absolute atomic E-state index is 12.4. The van der Waals surface area contributed by atoms with Crippen molar-refractivity contribution in [2.45, 2.75) is 0 Å². The van der Waals surface area contributed by atoms with Gasteiger partial charge in [-0.2, -0.15) is 18.6 Å². The second-order valence-electron chi connectivity index (χ2n) is 5.33. The molecule has 24 heavy (non-hydrogen) atoms. The van der Waals surface area contributed by atoms with Gasteiger partial charge in [0.15, 0.2) is 0 Å². The van der Waals surface area contributed by atoms with Crippen molar-refractivity contribution in [1.29, 1.82) is 0 Å². The van der Waals surface area contributed by atoms with Crippen molar-refractivity contribution in [1.82, 2.24) is 0 Å². The zero-order chi connectivity index (χ0) is 17.6. The van der Waals surface area contributed by atoms with E-state index in [9.17, 15) is 12.3 Å². The molecule has 0 aliphatic rings. The van der Waals surface area contributed by atoms with Gasteiger partial charge in [-0.15, -0.1) is 3.89 Å². The fraction of sp³-hybridized carbons (Fsp3) is 0.250. The van der Waals surface area contributed by atoms with Crippen LogP contribution in [0.5, 0.6) is 0 Å². The monoisotopic (exact) mass is 350 g/mol. The summed E-state index contributed by atoms with van der Waals surface area (Å²) < 4.78 is 33.2. The molecule has 0 heterocycles. The van der Waals surface area contributed by atoms with Gasteiger partial charge >= 0.3 is 10.2 Å². The van der Waals surface area contributed by atoms with E-state index < -0.39 is 16.0 Å². The normalized spacial score (nSPS) is 11.6. The van der Waals surface area contributed by atoms with Crippen LogP contribution in [0.4, 0.5) is 26.6 Å². The highest BCUT2D eigenvalue weighted by atomic mass is 32.3. The van der Waals surface area contributed by atoms with Crippen molar-refractivity contribution in [3.8, 4) is 0 Å². The first kappa shape index (κ1) is 17.9. The quantitative estimate of drug-likeness (QED) is 0.607. The van der Waals surface area contributed by atoms with E-state index in [1.54, 1.807) is 24.3 Å². The second kappa shape index (κ2) is 7.87. The molecule has 2 aromatic carbocycles. The Labute approximate surface area is 141 Å². The predicted molar refractivity (Wildman–Crippen MR) is 94.8 cm³/mol. The highest BCUT2D eigenvalue weighted by molar-refractivity contribution is 7.86. The van der Waals surface area contributed by atoms with Gasteiger partial charge in [0.1, 0.15) is 0 Å². The molecular weight excluding hydrogens is 331 g/mol. The third-order valence-corrected chi connectivity index (χ3v) is 3.88. The Kier molecular flexibility index (Phi) is 5.86. The smallest absolute Gasteiger partial charge is 0.304 e. The molecule has 2 aromatic rings. The van der Waals surface area contributed by atoms with Crippen molar-refractivity contribution in [3.63, 3.8) is 0 Å². The Bertz CT molecular complexity index is 788. The molecule has 0 fully saturated rings. The van der Waals surface area contributed by atoms with Crippen LogP contribution in [0, 0.1) is 0 Å². The van der Waals surface area contributed by atoms with Crippen LogP contribution in [0.25, 0.3) is 0 Å². The molecule has 0 radical (unpaired) electrons. The number of azo groups is 1. The number of anilines is 2. The van der Waals surface area contributed by atoms with Crippen LogP contribution < -0.4 is 10.2 Å². The minimum atomic E-state index is -4.45. The molecule has 0 spiro atoms. The van der Waals surface area contributed by atoms with Gasteiger partial charge < -0.3 is 10.2 Å². The maximum atomic E-state index is 12.4.